The molecule has 0 fully saturated rings. The molecule has 0 aliphatic rings. The van der Waals surface area contributed by atoms with Crippen molar-refractivity contribution in [3.05, 3.63) is 10.1 Å². The zero-order valence-corrected chi connectivity index (χ0v) is 7.93. The molecule has 0 unspecified atom stereocenters. The molecule has 0 amide bonds. The maximum atomic E-state index is 9.96. The molecule has 60 valence electrons. The summed E-state index contributed by atoms with van der Waals surface area (Å²) >= 11 is 25.2. The van der Waals surface area contributed by atoms with Crippen LogP contribution in [0.4, 0.5) is 0 Å². The normalized spacial score (nSPS) is 13.3. The van der Waals surface area contributed by atoms with E-state index in [0.29, 0.717) is 0 Å². The van der Waals surface area contributed by atoms with Crippen molar-refractivity contribution in [1.29, 1.82) is 0 Å². The Kier molecular flexibility index (Phi) is 3.33. The molecule has 0 aliphatic heterocycles. The van der Waals surface area contributed by atoms with Crippen LogP contribution < -0.4 is 0 Å². The molecule has 0 aromatic carbocycles. The standard InChI is InChI=1S/C2Cl5NO2/c3-1(4,5)2(6,7)8(9)10. The largest absolute Gasteiger partial charge is 0.417 e. The molecule has 3 nitrogen and oxygen atoms in total. The van der Waals surface area contributed by atoms with Crippen molar-refractivity contribution >= 4 is 58.0 Å². The molecule has 8 heteroatoms. The fourth-order valence-electron chi connectivity index (χ4n) is 0.104. The highest BCUT2D eigenvalue weighted by Crippen LogP contribution is 2.45. The van der Waals surface area contributed by atoms with Crippen LogP contribution in [-0.2, 0) is 0 Å². The molecule has 0 aliphatic carbocycles. The molecule has 0 saturated carbocycles. The first-order valence-electron chi connectivity index (χ1n) is 1.78. The number of halogens is 5. The van der Waals surface area contributed by atoms with Crippen molar-refractivity contribution in [3.63, 3.8) is 0 Å². The number of rotatable bonds is 1. The van der Waals surface area contributed by atoms with Gasteiger partial charge in [-0.2, -0.15) is 0 Å². The van der Waals surface area contributed by atoms with E-state index in [1.807, 2.05) is 0 Å². The van der Waals surface area contributed by atoms with Gasteiger partial charge in [-0.1, -0.05) is 34.8 Å². The summed E-state index contributed by atoms with van der Waals surface area (Å²) in [6.07, 6.45) is 0. The van der Waals surface area contributed by atoms with Crippen molar-refractivity contribution in [2.45, 2.75) is 8.25 Å². The van der Waals surface area contributed by atoms with Crippen molar-refractivity contribution in [3.8, 4) is 0 Å². The molecule has 0 rings (SSSR count). The summed E-state index contributed by atoms with van der Waals surface area (Å²) in [5.41, 5.74) is 0. The molecule has 0 atom stereocenters. The predicted molar refractivity (Wildman–Crippen MR) is 41.7 cm³/mol. The molecule has 10 heavy (non-hydrogen) atoms. The predicted octanol–water partition coefficient (Wildman–Crippen LogP) is 2.76. The van der Waals surface area contributed by atoms with Crippen LogP contribution >= 0.6 is 58.0 Å². The van der Waals surface area contributed by atoms with Crippen molar-refractivity contribution in [1.82, 2.24) is 0 Å². The van der Waals surface area contributed by atoms with Crippen LogP contribution in [-0.4, -0.2) is 13.2 Å². The van der Waals surface area contributed by atoms with Crippen LogP contribution in [0.2, 0.25) is 0 Å². The van der Waals surface area contributed by atoms with E-state index in [1.54, 1.807) is 0 Å². The fourth-order valence-corrected chi connectivity index (χ4v) is 0.311. The van der Waals surface area contributed by atoms with Gasteiger partial charge in [0.15, 0.2) is 0 Å². The lowest BCUT2D eigenvalue weighted by Gasteiger charge is -2.17. The third kappa shape index (κ3) is 2.17. The summed E-state index contributed by atoms with van der Waals surface area (Å²) in [5, 5.41) is 9.96. The number of nitro groups is 1. The summed E-state index contributed by atoms with van der Waals surface area (Å²) in [4.78, 5) is 8.86. The van der Waals surface area contributed by atoms with Crippen LogP contribution in [0.1, 0.15) is 0 Å². The highest BCUT2D eigenvalue weighted by Gasteiger charge is 2.57. The number of alkyl halides is 5. The summed E-state index contributed by atoms with van der Waals surface area (Å²) in [6, 6.07) is 0. The lowest BCUT2D eigenvalue weighted by molar-refractivity contribution is -0.514. The van der Waals surface area contributed by atoms with E-state index in [-0.39, 0.29) is 0 Å². The van der Waals surface area contributed by atoms with E-state index in [2.05, 4.69) is 0 Å². The molecule has 0 aromatic rings. The third-order valence-corrected chi connectivity index (χ3v) is 2.81. The second kappa shape index (κ2) is 3.07. The molecule has 0 radical (unpaired) electrons. The van der Waals surface area contributed by atoms with E-state index in [9.17, 15) is 10.1 Å². The van der Waals surface area contributed by atoms with E-state index in [4.69, 9.17) is 58.0 Å². The molecule has 0 spiro atoms. The van der Waals surface area contributed by atoms with Crippen LogP contribution in [0.3, 0.4) is 0 Å². The van der Waals surface area contributed by atoms with Gasteiger partial charge in [0.05, 0.1) is 4.92 Å². The van der Waals surface area contributed by atoms with Gasteiger partial charge in [0, 0.05) is 0 Å². The Morgan fingerprint density at radius 1 is 1.10 bits per heavy atom. The Labute approximate surface area is 81.3 Å². The smallest absolute Gasteiger partial charge is 0.261 e. The lowest BCUT2D eigenvalue weighted by Crippen LogP contribution is -2.38. The Hall–Kier alpha value is 0.850. The first-order valence-corrected chi connectivity index (χ1v) is 3.67. The van der Waals surface area contributed by atoms with Gasteiger partial charge in [-0.3, -0.25) is 10.1 Å². The van der Waals surface area contributed by atoms with Gasteiger partial charge in [0.1, 0.15) is 0 Å². The Morgan fingerprint density at radius 3 is 1.40 bits per heavy atom. The van der Waals surface area contributed by atoms with Gasteiger partial charge in [0.2, 0.25) is 0 Å². The van der Waals surface area contributed by atoms with E-state index in [1.165, 1.54) is 0 Å². The average Bonchev–Trinajstić information content (AvgIpc) is 1.62. The second-order valence-corrected chi connectivity index (χ2v) is 4.86. The molecule has 0 aromatic heterocycles. The van der Waals surface area contributed by atoms with E-state index < -0.39 is 13.2 Å². The van der Waals surface area contributed by atoms with Gasteiger partial charge in [-0.15, -0.1) is 0 Å². The number of hydrogen-bond acceptors (Lipinski definition) is 2. The second-order valence-electron chi connectivity index (χ2n) is 1.30. The average molecular weight is 247 g/mol. The first kappa shape index (κ1) is 10.8. The maximum Gasteiger partial charge on any atom is 0.417 e. The zero-order valence-electron chi connectivity index (χ0n) is 4.15. The zero-order chi connectivity index (χ0) is 8.58. The topological polar surface area (TPSA) is 43.1 Å². The minimum atomic E-state index is -2.60. The fraction of sp³-hybridized carbons (Fsp3) is 1.00. The quantitative estimate of drug-likeness (QED) is 0.309. The summed E-state index contributed by atoms with van der Waals surface area (Å²) in [7, 11) is 0. The van der Waals surface area contributed by atoms with Crippen LogP contribution in [0, 0.1) is 10.1 Å². The Morgan fingerprint density at radius 2 is 1.40 bits per heavy atom. The van der Waals surface area contributed by atoms with Gasteiger partial charge >= 0.3 is 4.46 Å². The molecule has 0 bridgehead atoms. The molecule has 0 N–H and O–H groups in total. The molecule has 0 saturated heterocycles. The molecular weight excluding hydrogens is 247 g/mol. The number of nitrogens with zero attached hydrogens (tertiary/aromatic N) is 1. The Balaban J connectivity index is 4.57. The van der Waals surface area contributed by atoms with Crippen molar-refractivity contribution < 1.29 is 4.92 Å². The maximum absolute atomic E-state index is 9.96. The monoisotopic (exact) mass is 245 g/mol. The minimum absolute atomic E-state index is 1.09. The highest BCUT2D eigenvalue weighted by molar-refractivity contribution is 6.74. The van der Waals surface area contributed by atoms with E-state index in [0.717, 1.165) is 0 Å². The summed E-state index contributed by atoms with van der Waals surface area (Å²) in [5.74, 6) is 0. The summed E-state index contributed by atoms with van der Waals surface area (Å²) < 4.78 is -4.93. The first-order chi connectivity index (χ1) is 4.19. The van der Waals surface area contributed by atoms with Crippen molar-refractivity contribution in [2.24, 2.45) is 0 Å². The lowest BCUT2D eigenvalue weighted by atomic mass is 10.7. The van der Waals surface area contributed by atoms with Gasteiger partial charge in [-0.05, 0) is 23.2 Å². The Bertz CT molecular complexity index is 150. The van der Waals surface area contributed by atoms with E-state index >= 15 is 0 Å². The molecular formula is C2Cl5NO2. The van der Waals surface area contributed by atoms with Gasteiger partial charge in [-0.25, -0.2) is 0 Å². The van der Waals surface area contributed by atoms with Crippen LogP contribution in [0.15, 0.2) is 0 Å². The van der Waals surface area contributed by atoms with Crippen molar-refractivity contribution in [2.75, 3.05) is 0 Å². The number of hydrogen-bond donors (Lipinski definition) is 0. The van der Waals surface area contributed by atoms with Gasteiger partial charge in [0.25, 0.3) is 3.79 Å². The SMILES string of the molecule is O=[N+]([O-])C(Cl)(Cl)C(Cl)(Cl)Cl. The molecule has 0 heterocycles. The van der Waals surface area contributed by atoms with Gasteiger partial charge < -0.3 is 0 Å². The highest BCUT2D eigenvalue weighted by atomic mass is 35.6. The summed E-state index contributed by atoms with van der Waals surface area (Å²) in [6.45, 7) is 0. The van der Waals surface area contributed by atoms with Crippen LogP contribution in [0.25, 0.3) is 0 Å². The van der Waals surface area contributed by atoms with Crippen LogP contribution in [0.5, 0.6) is 0 Å². The minimum Gasteiger partial charge on any atom is -0.261 e. The third-order valence-electron chi connectivity index (χ3n) is 0.570.